The Labute approximate surface area is 224 Å². The smallest absolute Gasteiger partial charge is 0.356 e. The second-order valence-electron chi connectivity index (χ2n) is 8.69. The predicted molar refractivity (Wildman–Crippen MR) is 146 cm³/mol. The third-order valence-electron chi connectivity index (χ3n) is 6.22. The molecule has 2 aromatic carbocycles. The van der Waals surface area contributed by atoms with Gasteiger partial charge < -0.3 is 10.1 Å². The van der Waals surface area contributed by atoms with Crippen molar-refractivity contribution in [3.05, 3.63) is 118 Å². The first kappa shape index (κ1) is 25.0. The number of thiophene rings is 1. The second-order valence-corrected chi connectivity index (χ2v) is 10.8. The number of hydrogen-bond donors (Lipinski definition) is 1. The molecule has 0 radical (unpaired) electrons. The molecule has 1 aromatic heterocycles. The Balaban J connectivity index is 1.38. The molecule has 1 fully saturated rings. The fourth-order valence-corrected chi connectivity index (χ4v) is 6.53. The van der Waals surface area contributed by atoms with E-state index in [1.165, 1.54) is 28.0 Å². The number of thioether (sulfide) groups is 1. The molecule has 8 heteroatoms. The maximum atomic E-state index is 13.7. The van der Waals surface area contributed by atoms with E-state index in [0.29, 0.717) is 5.75 Å². The van der Waals surface area contributed by atoms with E-state index in [2.05, 4.69) is 5.32 Å². The molecule has 0 unspecified atom stereocenters. The van der Waals surface area contributed by atoms with Crippen molar-refractivity contribution in [3.63, 3.8) is 0 Å². The van der Waals surface area contributed by atoms with E-state index in [1.54, 1.807) is 0 Å². The molecule has 5 rings (SSSR count). The lowest BCUT2D eigenvalue weighted by Gasteiger charge is -2.49. The van der Waals surface area contributed by atoms with Gasteiger partial charge in [0.25, 0.3) is 5.91 Å². The van der Waals surface area contributed by atoms with Crippen molar-refractivity contribution in [1.82, 2.24) is 10.2 Å². The molecule has 1 saturated heterocycles. The molecule has 37 heavy (non-hydrogen) atoms. The van der Waals surface area contributed by atoms with Crippen LogP contribution in [0.5, 0.6) is 0 Å². The number of fused-ring (bicyclic) bond motifs is 1. The van der Waals surface area contributed by atoms with Crippen molar-refractivity contribution in [2.24, 2.45) is 0 Å². The van der Waals surface area contributed by atoms with Crippen LogP contribution in [0.2, 0.25) is 0 Å². The quantitative estimate of drug-likeness (QED) is 0.333. The van der Waals surface area contributed by atoms with Crippen LogP contribution < -0.4 is 5.32 Å². The van der Waals surface area contributed by atoms with Crippen LogP contribution in [0.1, 0.15) is 29.0 Å². The number of hydrogen-bond acceptors (Lipinski definition) is 6. The average Bonchev–Trinajstić information content (AvgIpc) is 3.44. The zero-order valence-corrected chi connectivity index (χ0v) is 21.8. The van der Waals surface area contributed by atoms with Crippen molar-refractivity contribution >= 4 is 40.9 Å². The highest BCUT2D eigenvalue weighted by Gasteiger charge is 2.54. The highest BCUT2D eigenvalue weighted by Crippen LogP contribution is 2.42. The normalized spacial score (nSPS) is 19.1. The van der Waals surface area contributed by atoms with Crippen molar-refractivity contribution in [3.8, 4) is 0 Å². The number of amides is 2. The van der Waals surface area contributed by atoms with Gasteiger partial charge in [-0.1, -0.05) is 78.9 Å². The summed E-state index contributed by atoms with van der Waals surface area (Å²) in [7, 11) is 0. The minimum absolute atomic E-state index is 0.207. The number of nitrogens with one attached hydrogen (secondary N) is 1. The number of esters is 1. The highest BCUT2D eigenvalue weighted by molar-refractivity contribution is 8.00. The Morgan fingerprint density at radius 1 is 1.05 bits per heavy atom. The van der Waals surface area contributed by atoms with Gasteiger partial charge in [-0.2, -0.15) is 0 Å². The summed E-state index contributed by atoms with van der Waals surface area (Å²) < 4.78 is 6.11. The number of carbonyl (C=O) groups excluding carboxylic acids is 3. The van der Waals surface area contributed by atoms with Gasteiger partial charge in [0.05, 0.1) is 6.42 Å². The molecule has 6 nitrogen and oxygen atoms in total. The second kappa shape index (κ2) is 11.2. The maximum absolute atomic E-state index is 13.7. The Bertz CT molecular complexity index is 1300. The summed E-state index contributed by atoms with van der Waals surface area (Å²) in [5.74, 6) is -0.543. The van der Waals surface area contributed by atoms with Crippen molar-refractivity contribution in [1.29, 1.82) is 0 Å². The van der Waals surface area contributed by atoms with Crippen LogP contribution in [0, 0.1) is 0 Å². The van der Waals surface area contributed by atoms with Gasteiger partial charge in [0.2, 0.25) is 5.91 Å². The van der Waals surface area contributed by atoms with E-state index >= 15 is 0 Å². The van der Waals surface area contributed by atoms with Crippen LogP contribution in [-0.2, 0) is 25.5 Å². The van der Waals surface area contributed by atoms with Gasteiger partial charge in [-0.05, 0) is 35.1 Å². The minimum atomic E-state index is -0.675. The summed E-state index contributed by atoms with van der Waals surface area (Å²) in [4.78, 5) is 42.0. The Morgan fingerprint density at radius 3 is 2.32 bits per heavy atom. The fourth-order valence-electron chi connectivity index (χ4n) is 4.50. The van der Waals surface area contributed by atoms with Crippen LogP contribution in [0.25, 0.3) is 0 Å². The van der Waals surface area contributed by atoms with Gasteiger partial charge in [0.15, 0.2) is 6.10 Å². The molecule has 0 bridgehead atoms. The average molecular weight is 531 g/mol. The number of nitrogens with zero attached hydrogens (tertiary/aromatic N) is 1. The summed E-state index contributed by atoms with van der Waals surface area (Å²) in [6.45, 7) is 1.87. The van der Waals surface area contributed by atoms with E-state index in [-0.39, 0.29) is 29.3 Å². The highest BCUT2D eigenvalue weighted by atomic mass is 32.2. The summed E-state index contributed by atoms with van der Waals surface area (Å²) in [5, 5.41) is 4.42. The number of rotatable bonds is 8. The van der Waals surface area contributed by atoms with Gasteiger partial charge in [-0.3, -0.25) is 14.5 Å². The molecule has 2 aliphatic rings. The van der Waals surface area contributed by atoms with Crippen molar-refractivity contribution in [2.75, 3.05) is 5.75 Å². The summed E-state index contributed by atoms with van der Waals surface area (Å²) >= 11 is 3.03. The standard InChI is InChI=1S/C29H26N2O4S2/c1-2-10-21-18-37-28-24(30-23(32)17-22-15-9-16-36-22)27(33)31(28)25(21)29(34)35-26(19-11-5-3-6-12-19)20-13-7-4-8-14-20/h2-16,24,26,28H,17-18H2,1H3,(H,30,32)/t24-,28+/m1/s1. The molecule has 2 aliphatic heterocycles. The molecule has 3 heterocycles. The Hall–Kier alpha value is -3.62. The summed E-state index contributed by atoms with van der Waals surface area (Å²) in [5.41, 5.74) is 2.65. The minimum Gasteiger partial charge on any atom is -0.448 e. The Kier molecular flexibility index (Phi) is 7.58. The van der Waals surface area contributed by atoms with Crippen LogP contribution in [-0.4, -0.2) is 39.9 Å². The predicted octanol–water partition coefficient (Wildman–Crippen LogP) is 4.85. The number of β-lactam (4-membered cyclic amide) rings is 1. The van der Waals surface area contributed by atoms with Crippen LogP contribution in [0.15, 0.2) is 102 Å². The zero-order valence-electron chi connectivity index (χ0n) is 20.2. The molecule has 2 atom stereocenters. The molecular weight excluding hydrogens is 504 g/mol. The van der Waals surface area contributed by atoms with Crippen molar-refractivity contribution < 1.29 is 19.1 Å². The lowest BCUT2D eigenvalue weighted by atomic mass is 10.0. The monoisotopic (exact) mass is 530 g/mol. The summed E-state index contributed by atoms with van der Waals surface area (Å²) in [6, 6.07) is 22.2. The van der Waals surface area contributed by atoms with Crippen molar-refractivity contribution in [2.45, 2.75) is 30.9 Å². The summed E-state index contributed by atoms with van der Waals surface area (Å²) in [6.07, 6.45) is 3.29. The SMILES string of the molecule is CC=CC1=C(C(=O)OC(c2ccccc2)c2ccccc2)N2C(=O)[C@@H](NC(=O)Cc3cccs3)[C@@H]2SC1. The number of benzene rings is 2. The van der Waals surface area contributed by atoms with Gasteiger partial charge in [-0.25, -0.2) is 4.79 Å². The first-order valence-electron chi connectivity index (χ1n) is 12.0. The molecule has 0 aliphatic carbocycles. The molecule has 3 aromatic rings. The maximum Gasteiger partial charge on any atom is 0.356 e. The molecule has 0 spiro atoms. The van der Waals surface area contributed by atoms with E-state index in [4.69, 9.17) is 4.74 Å². The van der Waals surface area contributed by atoms with E-state index < -0.39 is 18.1 Å². The molecule has 2 amide bonds. The first-order valence-corrected chi connectivity index (χ1v) is 13.9. The lowest BCUT2D eigenvalue weighted by molar-refractivity contribution is -0.154. The van der Waals surface area contributed by atoms with Gasteiger partial charge >= 0.3 is 5.97 Å². The molecular formula is C29H26N2O4S2. The van der Waals surface area contributed by atoms with E-state index in [0.717, 1.165) is 21.6 Å². The third-order valence-corrected chi connectivity index (χ3v) is 8.40. The van der Waals surface area contributed by atoms with Crippen LogP contribution in [0.3, 0.4) is 0 Å². The molecule has 0 saturated carbocycles. The van der Waals surface area contributed by atoms with Crippen LogP contribution in [0.4, 0.5) is 0 Å². The van der Waals surface area contributed by atoms with E-state index in [1.807, 2.05) is 97.3 Å². The molecule has 188 valence electrons. The number of allylic oxidation sites excluding steroid dienone is 2. The number of ether oxygens (including phenoxy) is 1. The topological polar surface area (TPSA) is 75.7 Å². The first-order chi connectivity index (χ1) is 18.1. The third kappa shape index (κ3) is 5.26. The van der Waals surface area contributed by atoms with Gasteiger partial charge in [-0.15, -0.1) is 23.1 Å². The zero-order chi connectivity index (χ0) is 25.8. The van der Waals surface area contributed by atoms with Gasteiger partial charge in [0.1, 0.15) is 17.1 Å². The lowest BCUT2D eigenvalue weighted by Crippen LogP contribution is -2.70. The fraction of sp³-hybridized carbons (Fsp3) is 0.207. The largest absolute Gasteiger partial charge is 0.448 e. The van der Waals surface area contributed by atoms with Crippen LogP contribution >= 0.6 is 23.1 Å². The number of carbonyl (C=O) groups is 3. The molecule has 1 N–H and O–H groups in total. The van der Waals surface area contributed by atoms with Gasteiger partial charge in [0, 0.05) is 10.6 Å². The van der Waals surface area contributed by atoms with E-state index in [9.17, 15) is 14.4 Å². The Morgan fingerprint density at radius 2 is 1.73 bits per heavy atom.